The number of anilines is 2. The maximum Gasteiger partial charge on any atom is 0.105 e. The van der Waals surface area contributed by atoms with Gasteiger partial charge in [-0.2, -0.15) is 0 Å². The quantitative estimate of drug-likeness (QED) is 0.855. The molecule has 0 saturated carbocycles. The molecule has 3 N–H and O–H groups in total. The molecule has 3 nitrogen and oxygen atoms in total. The van der Waals surface area contributed by atoms with Gasteiger partial charge in [0, 0.05) is 21.9 Å². The Morgan fingerprint density at radius 3 is 2.71 bits per heavy atom. The number of thiocarbonyl (C=S) groups is 1. The van der Waals surface area contributed by atoms with Gasteiger partial charge in [-0.05, 0) is 46.3 Å². The number of aromatic nitrogens is 1. The summed E-state index contributed by atoms with van der Waals surface area (Å²) in [5.41, 5.74) is 8.30. The van der Waals surface area contributed by atoms with E-state index < -0.39 is 0 Å². The van der Waals surface area contributed by atoms with Gasteiger partial charge in [-0.1, -0.05) is 12.2 Å². The van der Waals surface area contributed by atoms with Gasteiger partial charge in [0.1, 0.15) is 4.99 Å². The van der Waals surface area contributed by atoms with Crippen molar-refractivity contribution in [2.75, 3.05) is 5.32 Å². The van der Waals surface area contributed by atoms with Gasteiger partial charge in [-0.25, -0.2) is 0 Å². The van der Waals surface area contributed by atoms with Crippen molar-refractivity contribution in [3.63, 3.8) is 0 Å². The van der Waals surface area contributed by atoms with Crippen molar-refractivity contribution in [2.24, 2.45) is 5.73 Å². The standard InChI is InChI=1S/C12H10BrN3S/c13-11-6-8(3-4-10(11)12(14)17)16-9-2-1-5-15-7-9/h1-7,16H,(H2,14,17). The molecular weight excluding hydrogens is 298 g/mol. The molecule has 1 aromatic heterocycles. The minimum atomic E-state index is 0.379. The topological polar surface area (TPSA) is 50.9 Å². The summed E-state index contributed by atoms with van der Waals surface area (Å²) in [4.78, 5) is 4.41. The van der Waals surface area contributed by atoms with E-state index >= 15 is 0 Å². The third-order valence-electron chi connectivity index (χ3n) is 2.18. The van der Waals surface area contributed by atoms with E-state index in [1.54, 1.807) is 12.4 Å². The van der Waals surface area contributed by atoms with Gasteiger partial charge >= 0.3 is 0 Å². The Balaban J connectivity index is 2.24. The van der Waals surface area contributed by atoms with E-state index in [-0.39, 0.29) is 0 Å². The summed E-state index contributed by atoms with van der Waals surface area (Å²) in [5.74, 6) is 0. The summed E-state index contributed by atoms with van der Waals surface area (Å²) in [6.07, 6.45) is 3.49. The second-order valence-electron chi connectivity index (χ2n) is 3.43. The molecule has 0 radical (unpaired) electrons. The molecule has 0 amide bonds. The second-order valence-corrected chi connectivity index (χ2v) is 4.72. The van der Waals surface area contributed by atoms with Gasteiger partial charge in [0.15, 0.2) is 0 Å². The summed E-state index contributed by atoms with van der Waals surface area (Å²) in [7, 11) is 0. The minimum Gasteiger partial charge on any atom is -0.389 e. The average Bonchev–Trinajstić information content (AvgIpc) is 2.30. The van der Waals surface area contributed by atoms with E-state index in [2.05, 4.69) is 26.2 Å². The number of hydrogen-bond acceptors (Lipinski definition) is 3. The number of benzene rings is 1. The van der Waals surface area contributed by atoms with Gasteiger partial charge in [0.05, 0.1) is 11.9 Å². The molecule has 0 fully saturated rings. The molecule has 1 heterocycles. The zero-order chi connectivity index (χ0) is 12.3. The number of halogens is 1. The highest BCUT2D eigenvalue weighted by atomic mass is 79.9. The first kappa shape index (κ1) is 12.0. The van der Waals surface area contributed by atoms with Crippen LogP contribution in [0.15, 0.2) is 47.2 Å². The predicted octanol–water partition coefficient (Wildman–Crippen LogP) is 3.22. The average molecular weight is 308 g/mol. The van der Waals surface area contributed by atoms with E-state index in [1.165, 1.54) is 0 Å². The number of rotatable bonds is 3. The number of nitrogens with two attached hydrogens (primary N) is 1. The molecule has 0 aliphatic rings. The Hall–Kier alpha value is -1.46. The van der Waals surface area contributed by atoms with Gasteiger partial charge < -0.3 is 11.1 Å². The second kappa shape index (κ2) is 5.25. The van der Waals surface area contributed by atoms with E-state index in [0.29, 0.717) is 4.99 Å². The van der Waals surface area contributed by atoms with Crippen LogP contribution in [0.1, 0.15) is 5.56 Å². The van der Waals surface area contributed by atoms with Crippen molar-refractivity contribution in [3.8, 4) is 0 Å². The SMILES string of the molecule is NC(=S)c1ccc(Nc2cccnc2)cc1Br. The molecule has 2 rings (SSSR count). The summed E-state index contributed by atoms with van der Waals surface area (Å²) < 4.78 is 0.874. The first-order chi connectivity index (χ1) is 8.16. The van der Waals surface area contributed by atoms with E-state index in [1.807, 2.05) is 30.3 Å². The maximum atomic E-state index is 5.59. The van der Waals surface area contributed by atoms with Crippen molar-refractivity contribution in [1.82, 2.24) is 4.98 Å². The van der Waals surface area contributed by atoms with Crippen LogP contribution in [0.25, 0.3) is 0 Å². The van der Waals surface area contributed by atoms with Gasteiger partial charge in [0.2, 0.25) is 0 Å². The molecule has 0 bridgehead atoms. The van der Waals surface area contributed by atoms with Crippen LogP contribution in [-0.2, 0) is 0 Å². The molecule has 2 aromatic rings. The van der Waals surface area contributed by atoms with E-state index in [9.17, 15) is 0 Å². The van der Waals surface area contributed by atoms with Crippen LogP contribution in [0.5, 0.6) is 0 Å². The number of hydrogen-bond donors (Lipinski definition) is 2. The lowest BCUT2D eigenvalue weighted by Gasteiger charge is -2.08. The third kappa shape index (κ3) is 3.01. The smallest absolute Gasteiger partial charge is 0.105 e. The fourth-order valence-corrected chi connectivity index (χ4v) is 2.30. The van der Waals surface area contributed by atoms with Gasteiger partial charge in [0.25, 0.3) is 0 Å². The first-order valence-corrected chi connectivity index (χ1v) is 6.13. The van der Waals surface area contributed by atoms with Crippen molar-refractivity contribution >= 4 is 44.5 Å². The lowest BCUT2D eigenvalue weighted by Crippen LogP contribution is -2.10. The lowest BCUT2D eigenvalue weighted by molar-refractivity contribution is 1.32. The monoisotopic (exact) mass is 307 g/mol. The van der Waals surface area contributed by atoms with Gasteiger partial charge in [-0.15, -0.1) is 0 Å². The molecule has 0 unspecified atom stereocenters. The lowest BCUT2D eigenvalue weighted by atomic mass is 10.2. The van der Waals surface area contributed by atoms with Crippen molar-refractivity contribution in [1.29, 1.82) is 0 Å². The maximum absolute atomic E-state index is 5.59. The molecule has 5 heteroatoms. The van der Waals surface area contributed by atoms with E-state index in [4.69, 9.17) is 18.0 Å². The summed E-state index contributed by atoms with van der Waals surface area (Å²) in [5, 5.41) is 3.23. The fourth-order valence-electron chi connectivity index (χ4n) is 1.40. The number of nitrogens with one attached hydrogen (secondary N) is 1. The van der Waals surface area contributed by atoms with Crippen molar-refractivity contribution in [3.05, 3.63) is 52.8 Å². The van der Waals surface area contributed by atoms with Crippen LogP contribution in [0.4, 0.5) is 11.4 Å². The highest BCUT2D eigenvalue weighted by Crippen LogP contribution is 2.23. The summed E-state index contributed by atoms with van der Waals surface area (Å²) >= 11 is 8.38. The summed E-state index contributed by atoms with van der Waals surface area (Å²) in [6.45, 7) is 0. The zero-order valence-electron chi connectivity index (χ0n) is 8.85. The van der Waals surface area contributed by atoms with Gasteiger partial charge in [-0.3, -0.25) is 4.98 Å². The van der Waals surface area contributed by atoms with Crippen molar-refractivity contribution < 1.29 is 0 Å². The Bertz CT molecular complexity index is 543. The van der Waals surface area contributed by atoms with Crippen LogP contribution >= 0.6 is 28.1 Å². The van der Waals surface area contributed by atoms with Crippen LogP contribution in [-0.4, -0.2) is 9.97 Å². The number of pyridine rings is 1. The molecular formula is C12H10BrN3S. The zero-order valence-corrected chi connectivity index (χ0v) is 11.3. The highest BCUT2D eigenvalue weighted by molar-refractivity contribution is 9.10. The molecule has 0 saturated heterocycles. The fraction of sp³-hybridized carbons (Fsp3) is 0. The minimum absolute atomic E-state index is 0.379. The molecule has 0 aliphatic carbocycles. The highest BCUT2D eigenvalue weighted by Gasteiger charge is 2.03. The summed E-state index contributed by atoms with van der Waals surface area (Å²) in [6, 6.07) is 9.56. The first-order valence-electron chi connectivity index (χ1n) is 4.93. The van der Waals surface area contributed by atoms with E-state index in [0.717, 1.165) is 21.4 Å². The Kier molecular flexibility index (Phi) is 3.71. The molecule has 17 heavy (non-hydrogen) atoms. The van der Waals surface area contributed by atoms with Crippen LogP contribution in [0.2, 0.25) is 0 Å². The molecule has 0 aliphatic heterocycles. The van der Waals surface area contributed by atoms with Crippen LogP contribution in [0, 0.1) is 0 Å². The number of nitrogens with zero attached hydrogens (tertiary/aromatic N) is 1. The van der Waals surface area contributed by atoms with Crippen LogP contribution < -0.4 is 11.1 Å². The Morgan fingerprint density at radius 2 is 2.12 bits per heavy atom. The normalized spacial score (nSPS) is 9.94. The molecule has 86 valence electrons. The largest absolute Gasteiger partial charge is 0.389 e. The molecule has 0 spiro atoms. The molecule has 1 aromatic carbocycles. The Labute approximate surface area is 113 Å². The van der Waals surface area contributed by atoms with Crippen molar-refractivity contribution in [2.45, 2.75) is 0 Å². The predicted molar refractivity (Wildman–Crippen MR) is 77.5 cm³/mol. The third-order valence-corrected chi connectivity index (χ3v) is 3.06. The van der Waals surface area contributed by atoms with Crippen LogP contribution in [0.3, 0.4) is 0 Å². The molecule has 0 atom stereocenters. The Morgan fingerprint density at radius 1 is 1.29 bits per heavy atom.